The maximum Gasteiger partial charge on any atom is 0.329 e. The van der Waals surface area contributed by atoms with Gasteiger partial charge in [0.15, 0.2) is 6.61 Å². The molecule has 33 heavy (non-hydrogen) atoms. The summed E-state index contributed by atoms with van der Waals surface area (Å²) in [6, 6.07) is 18.7. The molecule has 0 spiro atoms. The van der Waals surface area contributed by atoms with Crippen LogP contribution in [0.2, 0.25) is 0 Å². The Morgan fingerprint density at radius 1 is 0.848 bits per heavy atom. The van der Waals surface area contributed by atoms with Gasteiger partial charge in [0.1, 0.15) is 11.6 Å². The van der Waals surface area contributed by atoms with E-state index in [9.17, 15) is 18.8 Å². The number of hydrogen-bond donors (Lipinski definition) is 3. The second-order valence-electron chi connectivity index (χ2n) is 6.57. The molecule has 0 saturated heterocycles. The van der Waals surface area contributed by atoms with Crippen LogP contribution in [0.15, 0.2) is 82.4 Å². The van der Waals surface area contributed by atoms with Gasteiger partial charge in [-0.15, -0.1) is 0 Å². The van der Waals surface area contributed by atoms with Crippen molar-refractivity contribution in [2.75, 3.05) is 17.2 Å². The third-order valence-corrected chi connectivity index (χ3v) is 4.59. The Bertz CT molecular complexity index is 1150. The van der Waals surface area contributed by atoms with E-state index < -0.39 is 17.6 Å². The summed E-state index contributed by atoms with van der Waals surface area (Å²) < 4.78 is 19.2. The van der Waals surface area contributed by atoms with Crippen molar-refractivity contribution in [2.24, 2.45) is 5.10 Å². The third-order valence-electron chi connectivity index (χ3n) is 4.07. The van der Waals surface area contributed by atoms with Gasteiger partial charge in [-0.3, -0.25) is 14.4 Å². The lowest BCUT2D eigenvalue weighted by molar-refractivity contribution is -0.136. The molecule has 10 heteroatoms. The smallest absolute Gasteiger partial charge is 0.329 e. The summed E-state index contributed by atoms with van der Waals surface area (Å²) in [5.41, 5.74) is 3.67. The molecule has 3 amide bonds. The van der Waals surface area contributed by atoms with Crippen LogP contribution in [0.1, 0.15) is 5.56 Å². The molecule has 0 aliphatic heterocycles. The second-order valence-corrected chi connectivity index (χ2v) is 7.49. The average Bonchev–Trinajstić information content (AvgIpc) is 2.81. The van der Waals surface area contributed by atoms with Gasteiger partial charge < -0.3 is 15.4 Å². The van der Waals surface area contributed by atoms with Crippen LogP contribution in [-0.2, 0) is 14.4 Å². The number of anilines is 2. The van der Waals surface area contributed by atoms with Crippen molar-refractivity contribution in [3.05, 3.63) is 88.6 Å². The van der Waals surface area contributed by atoms with E-state index in [4.69, 9.17) is 4.74 Å². The molecule has 0 heterocycles. The minimum atomic E-state index is -0.979. The van der Waals surface area contributed by atoms with Crippen LogP contribution in [0.5, 0.6) is 5.75 Å². The first-order valence-corrected chi connectivity index (χ1v) is 10.4. The molecule has 168 valence electrons. The monoisotopic (exact) mass is 512 g/mol. The molecule has 0 aliphatic carbocycles. The van der Waals surface area contributed by atoms with Gasteiger partial charge in [0.2, 0.25) is 0 Å². The molecular formula is C23H18BrFN4O4. The van der Waals surface area contributed by atoms with Crippen LogP contribution in [0, 0.1) is 5.82 Å². The number of carbonyl (C=O) groups excluding carboxylic acids is 3. The molecule has 0 atom stereocenters. The molecule has 0 radical (unpaired) electrons. The zero-order valence-corrected chi connectivity index (χ0v) is 18.6. The first-order valence-electron chi connectivity index (χ1n) is 9.57. The normalized spacial score (nSPS) is 10.5. The fourth-order valence-corrected chi connectivity index (χ4v) is 2.73. The number of nitrogens with zero attached hydrogens (tertiary/aromatic N) is 1. The summed E-state index contributed by atoms with van der Waals surface area (Å²) >= 11 is 3.33. The Hall–Kier alpha value is -4.05. The quantitative estimate of drug-likeness (QED) is 0.254. The topological polar surface area (TPSA) is 109 Å². The fourth-order valence-electron chi connectivity index (χ4n) is 2.47. The van der Waals surface area contributed by atoms with Gasteiger partial charge in [-0.2, -0.15) is 5.10 Å². The summed E-state index contributed by atoms with van der Waals surface area (Å²) in [4.78, 5) is 35.6. The van der Waals surface area contributed by atoms with Gasteiger partial charge in [0, 0.05) is 15.8 Å². The maximum atomic E-state index is 12.9. The molecule has 3 aromatic rings. The number of rotatable bonds is 7. The molecule has 3 N–H and O–H groups in total. The largest absolute Gasteiger partial charge is 0.484 e. The Morgan fingerprint density at radius 2 is 1.45 bits per heavy atom. The minimum absolute atomic E-state index is 0.164. The summed E-state index contributed by atoms with van der Waals surface area (Å²) in [5, 5.41) is 8.77. The second kappa shape index (κ2) is 11.5. The van der Waals surface area contributed by atoms with Gasteiger partial charge in [0.25, 0.3) is 5.91 Å². The highest BCUT2D eigenvalue weighted by atomic mass is 79.9. The van der Waals surface area contributed by atoms with Crippen molar-refractivity contribution in [3.63, 3.8) is 0 Å². The lowest BCUT2D eigenvalue weighted by Crippen LogP contribution is -2.32. The summed E-state index contributed by atoms with van der Waals surface area (Å²) in [6.07, 6.45) is 1.34. The molecule has 0 unspecified atom stereocenters. The van der Waals surface area contributed by atoms with Crippen molar-refractivity contribution in [1.29, 1.82) is 0 Å². The first kappa shape index (κ1) is 23.6. The van der Waals surface area contributed by atoms with Crippen LogP contribution in [0.4, 0.5) is 15.8 Å². The molecule has 0 aliphatic rings. The minimum Gasteiger partial charge on any atom is -0.484 e. The highest BCUT2D eigenvalue weighted by Crippen LogP contribution is 2.15. The Balaban J connectivity index is 1.42. The van der Waals surface area contributed by atoms with Crippen molar-refractivity contribution in [1.82, 2.24) is 5.43 Å². The highest BCUT2D eigenvalue weighted by Gasteiger charge is 2.12. The van der Waals surface area contributed by atoms with E-state index in [1.165, 1.54) is 18.3 Å². The standard InChI is InChI=1S/C23H18BrFN4O4/c24-16-3-7-18(8-4-16)27-21(30)14-33-20-11-1-15(2-12-20)13-26-29-23(32)22(31)28-19-9-5-17(25)6-10-19/h1-13H,14H2,(H,27,30)(H,28,31)(H,29,32)/b26-13-. The zero-order chi connectivity index (χ0) is 23.6. The number of benzene rings is 3. The number of ether oxygens (including phenoxy) is 1. The van der Waals surface area contributed by atoms with Gasteiger partial charge in [0.05, 0.1) is 6.21 Å². The van der Waals surface area contributed by atoms with E-state index in [2.05, 4.69) is 37.1 Å². The SMILES string of the molecule is O=C(COc1ccc(/C=N\NC(=O)C(=O)Nc2ccc(F)cc2)cc1)Nc1ccc(Br)cc1. The number of carbonyl (C=O) groups is 3. The summed E-state index contributed by atoms with van der Waals surface area (Å²) in [7, 11) is 0. The maximum absolute atomic E-state index is 12.9. The average molecular weight is 513 g/mol. The Morgan fingerprint density at radius 3 is 2.12 bits per heavy atom. The van der Waals surface area contributed by atoms with Crippen LogP contribution < -0.4 is 20.8 Å². The van der Waals surface area contributed by atoms with E-state index in [1.807, 2.05) is 12.1 Å². The predicted molar refractivity (Wildman–Crippen MR) is 125 cm³/mol. The van der Waals surface area contributed by atoms with Crippen LogP contribution in [0.25, 0.3) is 0 Å². The van der Waals surface area contributed by atoms with Crippen LogP contribution in [0.3, 0.4) is 0 Å². The predicted octanol–water partition coefficient (Wildman–Crippen LogP) is 3.69. The van der Waals surface area contributed by atoms with Crippen LogP contribution >= 0.6 is 15.9 Å². The van der Waals surface area contributed by atoms with E-state index >= 15 is 0 Å². The first-order chi connectivity index (χ1) is 15.9. The highest BCUT2D eigenvalue weighted by molar-refractivity contribution is 9.10. The fraction of sp³-hybridized carbons (Fsp3) is 0.0435. The molecule has 0 saturated carbocycles. The number of hydrazone groups is 1. The van der Waals surface area contributed by atoms with E-state index in [0.717, 1.165) is 16.6 Å². The molecule has 0 aromatic heterocycles. The van der Waals surface area contributed by atoms with E-state index in [0.29, 0.717) is 17.0 Å². The van der Waals surface area contributed by atoms with Gasteiger partial charge >= 0.3 is 11.8 Å². The molecular weight excluding hydrogens is 495 g/mol. The molecule has 0 bridgehead atoms. The van der Waals surface area contributed by atoms with Crippen molar-refractivity contribution < 1.29 is 23.5 Å². The lowest BCUT2D eigenvalue weighted by Gasteiger charge is -2.08. The van der Waals surface area contributed by atoms with Crippen LogP contribution in [-0.4, -0.2) is 30.5 Å². The number of halogens is 2. The zero-order valence-electron chi connectivity index (χ0n) is 17.0. The summed E-state index contributed by atoms with van der Waals surface area (Å²) in [6.45, 7) is -0.164. The van der Waals surface area contributed by atoms with Crippen molar-refractivity contribution in [3.8, 4) is 5.75 Å². The van der Waals surface area contributed by atoms with E-state index in [-0.39, 0.29) is 18.2 Å². The molecule has 8 nitrogen and oxygen atoms in total. The summed E-state index contributed by atoms with van der Waals surface area (Å²) in [5.74, 6) is -2.20. The molecule has 3 aromatic carbocycles. The van der Waals surface area contributed by atoms with E-state index in [1.54, 1.807) is 36.4 Å². The van der Waals surface area contributed by atoms with Crippen molar-refractivity contribution in [2.45, 2.75) is 0 Å². The Labute approximate surface area is 197 Å². The van der Waals surface area contributed by atoms with Crippen molar-refractivity contribution >= 4 is 51.2 Å². The number of hydrogen-bond acceptors (Lipinski definition) is 5. The van der Waals surface area contributed by atoms with Gasteiger partial charge in [-0.25, -0.2) is 9.82 Å². The lowest BCUT2D eigenvalue weighted by atomic mass is 10.2. The third kappa shape index (κ3) is 7.86. The Kier molecular flexibility index (Phi) is 8.25. The van der Waals surface area contributed by atoms with Gasteiger partial charge in [-0.1, -0.05) is 15.9 Å². The number of nitrogens with one attached hydrogen (secondary N) is 3. The molecule has 0 fully saturated rings. The molecule has 3 rings (SSSR count). The van der Waals surface area contributed by atoms with Gasteiger partial charge in [-0.05, 0) is 78.4 Å². The number of amides is 3.